The average molecular weight is 390 g/mol. The van der Waals surface area contributed by atoms with Crippen molar-refractivity contribution < 1.29 is 13.6 Å². The molecule has 0 spiro atoms. The lowest BCUT2D eigenvalue weighted by molar-refractivity contribution is 0.0952. The van der Waals surface area contributed by atoms with Crippen LogP contribution in [-0.2, 0) is 13.1 Å². The van der Waals surface area contributed by atoms with Crippen LogP contribution in [0.2, 0.25) is 0 Å². The molecule has 27 heavy (non-hydrogen) atoms. The Hall–Kier alpha value is -2.54. The van der Waals surface area contributed by atoms with Gasteiger partial charge in [-0.1, -0.05) is 19.9 Å². The fourth-order valence-electron chi connectivity index (χ4n) is 3.00. The quantitative estimate of drug-likeness (QED) is 0.709. The molecule has 2 heterocycles. The molecular weight excluding hydrogens is 370 g/mol. The van der Waals surface area contributed by atoms with Gasteiger partial charge in [0.1, 0.15) is 11.6 Å². The van der Waals surface area contributed by atoms with Crippen molar-refractivity contribution in [3.63, 3.8) is 0 Å². The van der Waals surface area contributed by atoms with Crippen molar-refractivity contribution in [2.24, 2.45) is 5.92 Å². The fraction of sp³-hybridized carbons (Fsp3) is 0.300. The number of hydrogen-bond donors (Lipinski definition) is 1. The highest BCUT2D eigenvalue weighted by molar-refractivity contribution is 7.19. The van der Waals surface area contributed by atoms with Crippen molar-refractivity contribution in [2.45, 2.75) is 33.9 Å². The lowest BCUT2D eigenvalue weighted by atomic mass is 10.1. The van der Waals surface area contributed by atoms with Crippen LogP contribution in [0, 0.1) is 24.5 Å². The van der Waals surface area contributed by atoms with Gasteiger partial charge in [-0.15, -0.1) is 11.3 Å². The molecule has 2 aromatic heterocycles. The molecule has 0 saturated carbocycles. The topological polar surface area (TPSA) is 51.1 Å². The van der Waals surface area contributed by atoms with Gasteiger partial charge in [-0.25, -0.2) is 8.78 Å². The summed E-state index contributed by atoms with van der Waals surface area (Å²) < 4.78 is 29.1. The van der Waals surface area contributed by atoms with E-state index in [4.69, 9.17) is 0 Å². The largest absolute Gasteiger partial charge is 0.348 e. The van der Waals surface area contributed by atoms with E-state index in [1.807, 2.05) is 19.9 Å². The van der Waals surface area contributed by atoms with E-state index in [1.165, 1.54) is 17.4 Å². The first-order valence-corrected chi connectivity index (χ1v) is 9.44. The third-order valence-electron chi connectivity index (χ3n) is 4.24. The monoisotopic (exact) mass is 390 g/mol. The molecule has 0 aliphatic heterocycles. The summed E-state index contributed by atoms with van der Waals surface area (Å²) in [4.78, 5) is 26.3. The number of benzene rings is 1. The van der Waals surface area contributed by atoms with E-state index < -0.39 is 17.5 Å². The van der Waals surface area contributed by atoms with Gasteiger partial charge in [-0.2, -0.15) is 0 Å². The molecule has 0 aliphatic rings. The van der Waals surface area contributed by atoms with Gasteiger partial charge in [0.25, 0.3) is 11.5 Å². The van der Waals surface area contributed by atoms with Gasteiger partial charge in [0.05, 0.1) is 10.9 Å². The van der Waals surface area contributed by atoms with E-state index in [2.05, 4.69) is 5.32 Å². The smallest absolute Gasteiger partial charge is 0.260 e. The van der Waals surface area contributed by atoms with Crippen molar-refractivity contribution in [2.75, 3.05) is 0 Å². The second kappa shape index (κ2) is 7.60. The minimum Gasteiger partial charge on any atom is -0.348 e. The summed E-state index contributed by atoms with van der Waals surface area (Å²) in [5.41, 5.74) is 0.295. The van der Waals surface area contributed by atoms with Crippen LogP contribution in [0.5, 0.6) is 0 Å². The molecule has 0 saturated heterocycles. The van der Waals surface area contributed by atoms with Crippen LogP contribution in [0.15, 0.2) is 35.3 Å². The zero-order valence-corrected chi connectivity index (χ0v) is 16.1. The molecule has 0 unspecified atom stereocenters. The van der Waals surface area contributed by atoms with Gasteiger partial charge in [0, 0.05) is 40.5 Å². The van der Waals surface area contributed by atoms with Crippen molar-refractivity contribution >= 4 is 27.3 Å². The molecule has 0 atom stereocenters. The van der Waals surface area contributed by atoms with Gasteiger partial charge >= 0.3 is 0 Å². The summed E-state index contributed by atoms with van der Waals surface area (Å²) in [6.07, 6.45) is 1.75. The Balaban J connectivity index is 1.94. The minimum atomic E-state index is -0.721. The number of pyridine rings is 1. The van der Waals surface area contributed by atoms with Crippen molar-refractivity contribution in [1.82, 2.24) is 9.88 Å². The standard InChI is InChI=1S/C20H20F2N2O2S/c1-11(2)10-24-7-6-16-18(20(24)26)17(12(3)27-16)19(25)23-9-13-4-5-14(21)8-15(13)22/h4-8,11H,9-10H2,1-3H3,(H,23,25). The molecule has 142 valence electrons. The third kappa shape index (κ3) is 3.93. The molecule has 7 heteroatoms. The Kier molecular flexibility index (Phi) is 5.41. The molecule has 3 aromatic rings. The molecule has 0 bridgehead atoms. The SMILES string of the molecule is Cc1sc2ccn(CC(C)C)c(=O)c2c1C(=O)NCc1ccc(F)cc1F. The Bertz CT molecular complexity index is 1070. The summed E-state index contributed by atoms with van der Waals surface area (Å²) in [6, 6.07) is 5.05. The highest BCUT2D eigenvalue weighted by atomic mass is 32.1. The fourth-order valence-corrected chi connectivity index (χ4v) is 4.05. The number of fused-ring (bicyclic) bond motifs is 1. The van der Waals surface area contributed by atoms with Gasteiger partial charge in [-0.3, -0.25) is 9.59 Å². The van der Waals surface area contributed by atoms with Crippen molar-refractivity contribution in [1.29, 1.82) is 0 Å². The first-order chi connectivity index (χ1) is 12.8. The van der Waals surface area contributed by atoms with Gasteiger partial charge < -0.3 is 9.88 Å². The van der Waals surface area contributed by atoms with Gasteiger partial charge in [0.15, 0.2) is 0 Å². The summed E-state index contributed by atoms with van der Waals surface area (Å²) in [7, 11) is 0. The van der Waals surface area contributed by atoms with Gasteiger partial charge in [-0.05, 0) is 25.0 Å². The summed E-state index contributed by atoms with van der Waals surface area (Å²) in [6.45, 7) is 6.28. The van der Waals surface area contributed by atoms with E-state index in [9.17, 15) is 18.4 Å². The first kappa shape index (κ1) is 19.2. The van der Waals surface area contributed by atoms with Crippen LogP contribution >= 0.6 is 11.3 Å². The lowest BCUT2D eigenvalue weighted by Crippen LogP contribution is -2.27. The van der Waals surface area contributed by atoms with E-state index in [-0.39, 0.29) is 17.7 Å². The normalized spacial score (nSPS) is 11.3. The Morgan fingerprint density at radius 3 is 2.67 bits per heavy atom. The zero-order chi connectivity index (χ0) is 19.7. The molecule has 1 aromatic carbocycles. The third-order valence-corrected chi connectivity index (χ3v) is 5.31. The first-order valence-electron chi connectivity index (χ1n) is 8.62. The molecule has 3 rings (SSSR count). The highest BCUT2D eigenvalue weighted by Crippen LogP contribution is 2.28. The van der Waals surface area contributed by atoms with Crippen LogP contribution in [0.25, 0.3) is 10.1 Å². The summed E-state index contributed by atoms with van der Waals surface area (Å²) >= 11 is 1.38. The number of halogens is 2. The molecule has 1 amide bonds. The highest BCUT2D eigenvalue weighted by Gasteiger charge is 2.20. The second-order valence-corrected chi connectivity index (χ2v) is 8.11. The van der Waals surface area contributed by atoms with E-state index >= 15 is 0 Å². The zero-order valence-electron chi connectivity index (χ0n) is 15.3. The molecule has 4 nitrogen and oxygen atoms in total. The van der Waals surface area contributed by atoms with E-state index in [0.717, 1.165) is 21.7 Å². The molecule has 0 fully saturated rings. The predicted octanol–water partition coefficient (Wildman–Crippen LogP) is 4.24. The van der Waals surface area contributed by atoms with E-state index in [0.29, 0.717) is 23.4 Å². The second-order valence-electron chi connectivity index (χ2n) is 6.86. The maximum atomic E-state index is 13.8. The summed E-state index contributed by atoms with van der Waals surface area (Å²) in [5, 5.41) is 3.03. The average Bonchev–Trinajstić information content (AvgIpc) is 2.93. The Morgan fingerprint density at radius 1 is 1.26 bits per heavy atom. The van der Waals surface area contributed by atoms with Crippen LogP contribution in [0.4, 0.5) is 8.78 Å². The molecule has 0 radical (unpaired) electrons. The number of thiophene rings is 1. The maximum absolute atomic E-state index is 13.8. The van der Waals surface area contributed by atoms with E-state index in [1.54, 1.807) is 17.7 Å². The van der Waals surface area contributed by atoms with Crippen LogP contribution in [0.1, 0.15) is 34.6 Å². The minimum absolute atomic E-state index is 0.0885. The van der Waals surface area contributed by atoms with Crippen LogP contribution in [0.3, 0.4) is 0 Å². The number of nitrogens with one attached hydrogen (secondary N) is 1. The number of rotatable bonds is 5. The number of aryl methyl sites for hydroxylation is 1. The molecular formula is C20H20F2N2O2S. The number of hydrogen-bond acceptors (Lipinski definition) is 3. The lowest BCUT2D eigenvalue weighted by Gasteiger charge is -2.10. The predicted molar refractivity (Wildman–Crippen MR) is 103 cm³/mol. The number of amides is 1. The van der Waals surface area contributed by atoms with Crippen molar-refractivity contribution in [3.8, 4) is 0 Å². The number of carbonyl (C=O) groups is 1. The van der Waals surface area contributed by atoms with Gasteiger partial charge in [0.2, 0.25) is 0 Å². The maximum Gasteiger partial charge on any atom is 0.260 e. The summed E-state index contributed by atoms with van der Waals surface area (Å²) in [5.74, 6) is -1.55. The Labute approximate surface area is 159 Å². The number of nitrogens with zero attached hydrogens (tertiary/aromatic N) is 1. The number of aromatic nitrogens is 1. The molecule has 1 N–H and O–H groups in total. The Morgan fingerprint density at radius 2 is 2.00 bits per heavy atom. The van der Waals surface area contributed by atoms with Crippen molar-refractivity contribution in [3.05, 3.63) is 68.5 Å². The number of carbonyl (C=O) groups excluding carboxylic acids is 1. The van der Waals surface area contributed by atoms with Crippen LogP contribution < -0.4 is 10.9 Å². The molecule has 0 aliphatic carbocycles. The van der Waals surface area contributed by atoms with Crippen LogP contribution in [-0.4, -0.2) is 10.5 Å².